The molecule has 2 aromatic heterocycles. The Hall–Kier alpha value is -2.37. The Bertz CT molecular complexity index is 571. The van der Waals surface area contributed by atoms with Crippen LogP contribution in [0.3, 0.4) is 0 Å². The van der Waals surface area contributed by atoms with Gasteiger partial charge in [0.15, 0.2) is 0 Å². The summed E-state index contributed by atoms with van der Waals surface area (Å²) in [6.07, 6.45) is 0. The van der Waals surface area contributed by atoms with Crippen molar-refractivity contribution in [1.82, 2.24) is 15.2 Å². The first kappa shape index (κ1) is 13.1. The van der Waals surface area contributed by atoms with E-state index in [4.69, 9.17) is 0 Å². The molecule has 0 aliphatic carbocycles. The van der Waals surface area contributed by atoms with E-state index < -0.39 is 0 Å². The summed E-state index contributed by atoms with van der Waals surface area (Å²) in [6.45, 7) is 6.43. The standard InChI is InChI=1S/C13H17N5O/c1-4-14-11-7-5-6-10(15-11)13(19)16-12-8(2)17-18-9(12)3/h5-7H,4H2,1-3H3,(H,14,15)(H,16,19)(H,17,18). The molecule has 0 atom stereocenters. The van der Waals surface area contributed by atoms with Crippen molar-refractivity contribution in [2.75, 3.05) is 17.2 Å². The van der Waals surface area contributed by atoms with Crippen LogP contribution in [0.25, 0.3) is 0 Å². The maximum atomic E-state index is 12.1. The number of aromatic amines is 1. The second-order valence-corrected chi connectivity index (χ2v) is 4.20. The van der Waals surface area contributed by atoms with Crippen LogP contribution in [0.5, 0.6) is 0 Å². The average Bonchev–Trinajstić information content (AvgIpc) is 2.71. The summed E-state index contributed by atoms with van der Waals surface area (Å²) in [5.74, 6) is 0.447. The molecule has 0 fully saturated rings. The van der Waals surface area contributed by atoms with Crippen LogP contribution >= 0.6 is 0 Å². The minimum atomic E-state index is -0.243. The van der Waals surface area contributed by atoms with Crippen LogP contribution in [0.2, 0.25) is 0 Å². The van der Waals surface area contributed by atoms with Crippen molar-refractivity contribution < 1.29 is 4.79 Å². The van der Waals surface area contributed by atoms with Gasteiger partial charge in [-0.1, -0.05) is 6.07 Å². The second kappa shape index (κ2) is 5.51. The van der Waals surface area contributed by atoms with Gasteiger partial charge in [0.25, 0.3) is 5.91 Å². The van der Waals surface area contributed by atoms with Crippen molar-refractivity contribution in [2.45, 2.75) is 20.8 Å². The van der Waals surface area contributed by atoms with E-state index in [1.54, 1.807) is 12.1 Å². The summed E-state index contributed by atoms with van der Waals surface area (Å²) in [5.41, 5.74) is 2.67. The van der Waals surface area contributed by atoms with Gasteiger partial charge in [0.1, 0.15) is 11.5 Å². The van der Waals surface area contributed by atoms with Crippen LogP contribution in [0, 0.1) is 13.8 Å². The molecule has 0 bridgehead atoms. The van der Waals surface area contributed by atoms with E-state index in [0.29, 0.717) is 17.2 Å². The van der Waals surface area contributed by atoms with E-state index in [9.17, 15) is 4.79 Å². The number of nitrogens with one attached hydrogen (secondary N) is 3. The van der Waals surface area contributed by atoms with E-state index in [2.05, 4.69) is 25.8 Å². The first-order valence-corrected chi connectivity index (χ1v) is 6.15. The first-order chi connectivity index (χ1) is 9.11. The lowest BCUT2D eigenvalue weighted by Crippen LogP contribution is -2.15. The van der Waals surface area contributed by atoms with E-state index in [1.165, 1.54) is 0 Å². The average molecular weight is 259 g/mol. The van der Waals surface area contributed by atoms with Gasteiger partial charge in [0.2, 0.25) is 0 Å². The number of aromatic nitrogens is 3. The van der Waals surface area contributed by atoms with Crippen molar-refractivity contribution in [3.63, 3.8) is 0 Å². The maximum absolute atomic E-state index is 12.1. The zero-order chi connectivity index (χ0) is 13.8. The molecule has 0 aliphatic rings. The minimum Gasteiger partial charge on any atom is -0.370 e. The van der Waals surface area contributed by atoms with Gasteiger partial charge in [-0.15, -0.1) is 0 Å². The van der Waals surface area contributed by atoms with Crippen LogP contribution in [-0.4, -0.2) is 27.6 Å². The number of H-pyrrole nitrogens is 1. The Morgan fingerprint density at radius 2 is 2.16 bits per heavy atom. The highest BCUT2D eigenvalue weighted by molar-refractivity contribution is 6.03. The van der Waals surface area contributed by atoms with Gasteiger partial charge in [-0.3, -0.25) is 9.89 Å². The summed E-state index contributed by atoms with van der Waals surface area (Å²) in [5, 5.41) is 12.8. The molecule has 0 radical (unpaired) electrons. The summed E-state index contributed by atoms with van der Waals surface area (Å²) in [7, 11) is 0. The predicted octanol–water partition coefficient (Wildman–Crippen LogP) is 2.11. The van der Waals surface area contributed by atoms with Crippen molar-refractivity contribution in [3.05, 3.63) is 35.3 Å². The summed E-state index contributed by atoms with van der Waals surface area (Å²) >= 11 is 0. The molecule has 2 rings (SSSR count). The van der Waals surface area contributed by atoms with E-state index in [1.807, 2.05) is 26.8 Å². The molecular formula is C13H17N5O. The van der Waals surface area contributed by atoms with E-state index >= 15 is 0 Å². The lowest BCUT2D eigenvalue weighted by Gasteiger charge is -2.07. The number of carbonyl (C=O) groups is 1. The van der Waals surface area contributed by atoms with Crippen molar-refractivity contribution >= 4 is 17.4 Å². The minimum absolute atomic E-state index is 0.243. The number of aryl methyl sites for hydroxylation is 2. The zero-order valence-corrected chi connectivity index (χ0v) is 11.2. The molecule has 100 valence electrons. The fraction of sp³-hybridized carbons (Fsp3) is 0.308. The van der Waals surface area contributed by atoms with Crippen molar-refractivity contribution in [1.29, 1.82) is 0 Å². The highest BCUT2D eigenvalue weighted by Crippen LogP contribution is 2.17. The predicted molar refractivity (Wildman–Crippen MR) is 74.4 cm³/mol. The molecule has 6 nitrogen and oxygen atoms in total. The lowest BCUT2D eigenvalue weighted by atomic mass is 10.3. The SMILES string of the molecule is CCNc1cccc(C(=O)Nc2c(C)n[nH]c2C)n1. The number of carbonyl (C=O) groups excluding carboxylic acids is 1. The molecule has 2 heterocycles. The number of hydrogen-bond donors (Lipinski definition) is 3. The van der Waals surface area contributed by atoms with Gasteiger partial charge < -0.3 is 10.6 Å². The molecular weight excluding hydrogens is 242 g/mol. The Kier molecular flexibility index (Phi) is 3.79. The van der Waals surface area contributed by atoms with Gasteiger partial charge in [-0.25, -0.2) is 4.98 Å². The van der Waals surface area contributed by atoms with Crippen molar-refractivity contribution in [3.8, 4) is 0 Å². The quantitative estimate of drug-likeness (QED) is 0.785. The molecule has 2 aromatic rings. The van der Waals surface area contributed by atoms with Gasteiger partial charge in [0, 0.05) is 6.54 Å². The van der Waals surface area contributed by atoms with Crippen molar-refractivity contribution in [2.24, 2.45) is 0 Å². The van der Waals surface area contributed by atoms with Crippen LogP contribution in [-0.2, 0) is 0 Å². The number of hydrogen-bond acceptors (Lipinski definition) is 4. The summed E-state index contributed by atoms with van der Waals surface area (Å²) in [6, 6.07) is 5.31. The third kappa shape index (κ3) is 2.90. The molecule has 3 N–H and O–H groups in total. The molecule has 19 heavy (non-hydrogen) atoms. The topological polar surface area (TPSA) is 82.7 Å². The molecule has 0 saturated carbocycles. The zero-order valence-electron chi connectivity index (χ0n) is 11.2. The highest BCUT2D eigenvalue weighted by Gasteiger charge is 2.13. The molecule has 6 heteroatoms. The maximum Gasteiger partial charge on any atom is 0.274 e. The van der Waals surface area contributed by atoms with Gasteiger partial charge in [-0.2, -0.15) is 5.10 Å². The largest absolute Gasteiger partial charge is 0.370 e. The van der Waals surface area contributed by atoms with E-state index in [-0.39, 0.29) is 5.91 Å². The smallest absolute Gasteiger partial charge is 0.274 e. The van der Waals surface area contributed by atoms with Gasteiger partial charge in [0.05, 0.1) is 17.1 Å². The lowest BCUT2D eigenvalue weighted by molar-refractivity contribution is 0.102. The number of rotatable bonds is 4. The third-order valence-electron chi connectivity index (χ3n) is 2.71. The number of nitrogens with zero attached hydrogens (tertiary/aromatic N) is 2. The Morgan fingerprint density at radius 3 is 2.79 bits per heavy atom. The number of anilines is 2. The highest BCUT2D eigenvalue weighted by atomic mass is 16.1. The second-order valence-electron chi connectivity index (χ2n) is 4.20. The van der Waals surface area contributed by atoms with Crippen LogP contribution in [0.4, 0.5) is 11.5 Å². The molecule has 0 aromatic carbocycles. The Labute approximate surface area is 111 Å². The molecule has 1 amide bonds. The molecule has 0 saturated heterocycles. The Balaban J connectivity index is 2.18. The number of pyridine rings is 1. The fourth-order valence-electron chi connectivity index (χ4n) is 1.75. The van der Waals surface area contributed by atoms with Crippen LogP contribution in [0.1, 0.15) is 28.8 Å². The first-order valence-electron chi connectivity index (χ1n) is 6.15. The summed E-state index contributed by atoms with van der Waals surface area (Å²) < 4.78 is 0. The number of amides is 1. The van der Waals surface area contributed by atoms with Gasteiger partial charge in [-0.05, 0) is 32.9 Å². The molecule has 0 unspecified atom stereocenters. The third-order valence-corrected chi connectivity index (χ3v) is 2.71. The fourth-order valence-corrected chi connectivity index (χ4v) is 1.75. The van der Waals surface area contributed by atoms with Crippen LogP contribution in [0.15, 0.2) is 18.2 Å². The van der Waals surface area contributed by atoms with Gasteiger partial charge >= 0.3 is 0 Å². The normalized spacial score (nSPS) is 10.3. The van der Waals surface area contributed by atoms with Crippen LogP contribution < -0.4 is 10.6 Å². The Morgan fingerprint density at radius 1 is 1.37 bits per heavy atom. The summed E-state index contributed by atoms with van der Waals surface area (Å²) in [4.78, 5) is 16.4. The monoisotopic (exact) mass is 259 g/mol. The molecule has 0 spiro atoms. The van der Waals surface area contributed by atoms with E-state index in [0.717, 1.165) is 17.9 Å². The molecule has 0 aliphatic heterocycles.